The van der Waals surface area contributed by atoms with E-state index in [1.807, 2.05) is 26.0 Å². The number of hydrogen-bond acceptors (Lipinski definition) is 3. The van der Waals surface area contributed by atoms with Gasteiger partial charge in [-0.05, 0) is 49.2 Å². The van der Waals surface area contributed by atoms with E-state index in [1.165, 1.54) is 6.54 Å². The van der Waals surface area contributed by atoms with Gasteiger partial charge in [-0.2, -0.15) is 0 Å². The van der Waals surface area contributed by atoms with Crippen molar-refractivity contribution in [3.8, 4) is 0 Å². The largest absolute Gasteiger partial charge is 0.312 e. The summed E-state index contributed by atoms with van der Waals surface area (Å²) < 4.78 is 1.09. The van der Waals surface area contributed by atoms with Crippen LogP contribution in [0.25, 0.3) is 0 Å². The fraction of sp³-hybridized carbons (Fsp3) is 1.00. The highest BCUT2D eigenvalue weighted by Crippen LogP contribution is 2.03. The Morgan fingerprint density at radius 1 is 0.789 bits per heavy atom. The van der Waals surface area contributed by atoms with Gasteiger partial charge in [-0.25, -0.2) is 0 Å². The third kappa shape index (κ3) is 20.3. The van der Waals surface area contributed by atoms with Crippen molar-refractivity contribution >= 4 is 0 Å². The molecule has 0 N–H and O–H groups in total. The second-order valence-electron chi connectivity index (χ2n) is 5.81. The normalized spacial score (nSPS) is 13.3. The Kier molecular flexibility index (Phi) is 20.4. The minimum Gasteiger partial charge on any atom is -0.312 e. The van der Waals surface area contributed by atoms with Crippen LogP contribution in [0.1, 0.15) is 28.7 Å². The molecule has 122 valence electrons. The summed E-state index contributed by atoms with van der Waals surface area (Å²) in [4.78, 5) is 6.62. The Hall–Kier alpha value is -0.160. The molecule has 0 aromatic rings. The maximum Gasteiger partial charge on any atom is 0.135 e. The van der Waals surface area contributed by atoms with Crippen molar-refractivity contribution in [2.24, 2.45) is 0 Å². The first kappa shape index (κ1) is 27.2. The van der Waals surface area contributed by atoms with Crippen LogP contribution in [0, 0.1) is 0 Å². The maximum absolute atomic E-state index is 2.37. The maximum atomic E-state index is 2.37. The highest BCUT2D eigenvalue weighted by Gasteiger charge is 2.21. The predicted molar refractivity (Wildman–Crippen MR) is 91.5 cm³/mol. The van der Waals surface area contributed by atoms with E-state index in [0.29, 0.717) is 0 Å². The van der Waals surface area contributed by atoms with Gasteiger partial charge in [-0.1, -0.05) is 21.8 Å². The topological polar surface area (TPSA) is 9.72 Å². The van der Waals surface area contributed by atoms with Crippen molar-refractivity contribution in [1.82, 2.24) is 14.7 Å². The Balaban J connectivity index is -0.000000165. The van der Waals surface area contributed by atoms with E-state index < -0.39 is 0 Å². The summed E-state index contributed by atoms with van der Waals surface area (Å²) in [5, 5.41) is 0. The SMILES string of the molecule is C.C.CCN(C)C[N+](C)(CC)CN(C)C.CN(C)C. The molecule has 1 unspecified atom stereocenters. The Labute approximate surface area is 124 Å². The molecule has 0 aromatic heterocycles. The molecule has 0 radical (unpaired) electrons. The lowest BCUT2D eigenvalue weighted by molar-refractivity contribution is -0.925. The minimum atomic E-state index is 0. The number of rotatable bonds is 6. The summed E-state index contributed by atoms with van der Waals surface area (Å²) in [5.41, 5.74) is 0. The first-order valence-electron chi connectivity index (χ1n) is 6.44. The monoisotopic (exact) mass is 279 g/mol. The first-order chi connectivity index (χ1) is 7.66. The van der Waals surface area contributed by atoms with E-state index in [1.54, 1.807) is 0 Å². The lowest BCUT2D eigenvalue weighted by Gasteiger charge is -2.38. The summed E-state index contributed by atoms with van der Waals surface area (Å²) in [6, 6.07) is 0. The molecule has 0 rings (SSSR count). The molecule has 0 saturated carbocycles. The molecule has 0 amide bonds. The summed E-state index contributed by atoms with van der Waals surface area (Å²) in [6.45, 7) is 9.01. The van der Waals surface area contributed by atoms with Crippen LogP contribution in [0.4, 0.5) is 0 Å². The van der Waals surface area contributed by atoms with Crippen LogP contribution in [0.3, 0.4) is 0 Å². The Morgan fingerprint density at radius 3 is 1.37 bits per heavy atom. The van der Waals surface area contributed by atoms with Gasteiger partial charge in [0.1, 0.15) is 13.3 Å². The molecule has 0 aliphatic carbocycles. The molecule has 1 atom stereocenters. The molecule has 4 heteroatoms. The van der Waals surface area contributed by atoms with E-state index in [9.17, 15) is 0 Å². The van der Waals surface area contributed by atoms with Crippen molar-refractivity contribution in [1.29, 1.82) is 0 Å². The second-order valence-corrected chi connectivity index (χ2v) is 5.81. The number of hydrogen-bond donors (Lipinski definition) is 0. The van der Waals surface area contributed by atoms with Gasteiger partial charge < -0.3 is 9.38 Å². The van der Waals surface area contributed by atoms with E-state index >= 15 is 0 Å². The summed E-state index contributed by atoms with van der Waals surface area (Å²) >= 11 is 0. The van der Waals surface area contributed by atoms with Crippen molar-refractivity contribution in [2.45, 2.75) is 28.7 Å². The van der Waals surface area contributed by atoms with E-state index in [4.69, 9.17) is 0 Å². The molecule has 0 heterocycles. The van der Waals surface area contributed by atoms with Crippen molar-refractivity contribution in [3.05, 3.63) is 0 Å². The van der Waals surface area contributed by atoms with Gasteiger partial charge >= 0.3 is 0 Å². The van der Waals surface area contributed by atoms with Crippen molar-refractivity contribution in [3.63, 3.8) is 0 Å². The molecule has 4 nitrogen and oxygen atoms in total. The fourth-order valence-corrected chi connectivity index (χ4v) is 1.61. The van der Waals surface area contributed by atoms with Gasteiger partial charge in [-0.15, -0.1) is 0 Å². The first-order valence-corrected chi connectivity index (χ1v) is 6.44. The molecule has 0 bridgehead atoms. The number of quaternary nitrogens is 1. The molecule has 0 aromatic carbocycles. The van der Waals surface area contributed by atoms with Gasteiger partial charge in [-0.3, -0.25) is 9.80 Å². The van der Waals surface area contributed by atoms with E-state index in [0.717, 1.165) is 24.4 Å². The van der Waals surface area contributed by atoms with E-state index in [-0.39, 0.29) is 14.9 Å². The van der Waals surface area contributed by atoms with Crippen LogP contribution in [0.15, 0.2) is 0 Å². The number of nitrogens with zero attached hydrogens (tertiary/aromatic N) is 4. The Bertz CT molecular complexity index is 169. The molecule has 0 aliphatic rings. The third-order valence-corrected chi connectivity index (χ3v) is 2.51. The molecule has 0 saturated heterocycles. The van der Waals surface area contributed by atoms with Crippen molar-refractivity contribution < 1.29 is 4.48 Å². The van der Waals surface area contributed by atoms with Crippen LogP contribution in [-0.4, -0.2) is 94.9 Å². The molecule has 19 heavy (non-hydrogen) atoms. The van der Waals surface area contributed by atoms with Gasteiger partial charge in [0.2, 0.25) is 0 Å². The zero-order valence-electron chi connectivity index (χ0n) is 13.6. The van der Waals surface area contributed by atoms with Crippen LogP contribution >= 0.6 is 0 Å². The van der Waals surface area contributed by atoms with Crippen LogP contribution < -0.4 is 0 Å². The standard InChI is InChI=1S/C10H26N3.C3H9N.2CH4/c1-7-12(5)10-13(6,8-2)9-11(3)4;1-4(2)3;;/h7-10H2,1-6H3;1-3H3;2*1H4/q+1;;;. The molecular weight excluding hydrogens is 236 g/mol. The zero-order chi connectivity index (χ0) is 14.1. The molecule has 0 spiro atoms. The lowest BCUT2D eigenvalue weighted by Crippen LogP contribution is -2.54. The van der Waals surface area contributed by atoms with Gasteiger partial charge in [0.05, 0.1) is 13.6 Å². The van der Waals surface area contributed by atoms with Crippen LogP contribution in [0.2, 0.25) is 0 Å². The summed E-state index contributed by atoms with van der Waals surface area (Å²) in [5.74, 6) is 0. The van der Waals surface area contributed by atoms with Crippen molar-refractivity contribution in [2.75, 3.05) is 75.8 Å². The van der Waals surface area contributed by atoms with Crippen LogP contribution in [0.5, 0.6) is 0 Å². The predicted octanol–water partition coefficient (Wildman–Crippen LogP) is 2.33. The lowest BCUT2D eigenvalue weighted by atomic mass is 10.4. The highest BCUT2D eigenvalue weighted by atomic mass is 15.5. The smallest absolute Gasteiger partial charge is 0.135 e. The summed E-state index contributed by atoms with van der Waals surface area (Å²) in [6.07, 6.45) is 0. The summed E-state index contributed by atoms with van der Waals surface area (Å²) in [7, 11) is 14.8. The van der Waals surface area contributed by atoms with Gasteiger partial charge in [0.15, 0.2) is 0 Å². The quantitative estimate of drug-likeness (QED) is 0.546. The van der Waals surface area contributed by atoms with E-state index in [2.05, 4.69) is 51.8 Å². The van der Waals surface area contributed by atoms with Gasteiger partial charge in [0, 0.05) is 6.54 Å². The average Bonchev–Trinajstić information content (AvgIpc) is 2.15. The highest BCUT2D eigenvalue weighted by molar-refractivity contribution is 4.40. The average molecular weight is 280 g/mol. The molecule has 0 aliphatic heterocycles. The fourth-order valence-electron chi connectivity index (χ4n) is 1.61. The zero-order valence-corrected chi connectivity index (χ0v) is 13.6. The van der Waals surface area contributed by atoms with Gasteiger partial charge in [0.25, 0.3) is 0 Å². The second kappa shape index (κ2) is 14.3. The Morgan fingerprint density at radius 2 is 1.16 bits per heavy atom. The minimum absolute atomic E-state index is 0. The molecular formula is C15H43N4+. The third-order valence-electron chi connectivity index (χ3n) is 2.51. The van der Waals surface area contributed by atoms with Crippen LogP contribution in [-0.2, 0) is 0 Å². The molecule has 0 fully saturated rings.